The highest BCUT2D eigenvalue weighted by Crippen LogP contribution is 2.16. The minimum atomic E-state index is -0.0594. The van der Waals surface area contributed by atoms with Crippen LogP contribution >= 0.6 is 11.6 Å². The Labute approximate surface area is 101 Å². The summed E-state index contributed by atoms with van der Waals surface area (Å²) >= 11 is 5.84. The fourth-order valence-corrected chi connectivity index (χ4v) is 1.40. The van der Waals surface area contributed by atoms with E-state index in [-0.39, 0.29) is 11.9 Å². The van der Waals surface area contributed by atoms with Gasteiger partial charge in [-0.3, -0.25) is 4.79 Å². The molecule has 0 saturated carbocycles. The number of nitrogens with one attached hydrogen (secondary N) is 1. The molecule has 1 aromatic heterocycles. The van der Waals surface area contributed by atoms with Crippen molar-refractivity contribution in [1.82, 2.24) is 9.88 Å². The van der Waals surface area contributed by atoms with Crippen molar-refractivity contribution >= 4 is 23.3 Å². The minimum absolute atomic E-state index is 0.0594. The molecule has 0 spiro atoms. The van der Waals surface area contributed by atoms with Gasteiger partial charge < -0.3 is 10.2 Å². The number of aromatic nitrogens is 1. The van der Waals surface area contributed by atoms with Crippen molar-refractivity contribution in [2.24, 2.45) is 0 Å². The number of carbonyl (C=O) groups excluding carboxylic acids is 1. The zero-order valence-electron chi connectivity index (χ0n) is 9.91. The van der Waals surface area contributed by atoms with Gasteiger partial charge in [-0.05, 0) is 26.0 Å². The Kier molecular flexibility index (Phi) is 4.12. The van der Waals surface area contributed by atoms with Gasteiger partial charge in [-0.15, -0.1) is 0 Å². The molecule has 0 saturated heterocycles. The minimum Gasteiger partial charge on any atom is -0.373 e. The van der Waals surface area contributed by atoms with Gasteiger partial charge in [-0.1, -0.05) is 11.6 Å². The van der Waals surface area contributed by atoms with E-state index in [1.54, 1.807) is 31.1 Å². The van der Waals surface area contributed by atoms with Crippen LogP contribution in [0.3, 0.4) is 0 Å². The van der Waals surface area contributed by atoms with Crippen LogP contribution < -0.4 is 5.32 Å². The Morgan fingerprint density at radius 2 is 2.12 bits per heavy atom. The monoisotopic (exact) mass is 241 g/mol. The van der Waals surface area contributed by atoms with Crippen LogP contribution in [-0.2, 0) is 0 Å². The van der Waals surface area contributed by atoms with Crippen LogP contribution in [0.2, 0.25) is 5.15 Å². The predicted octanol–water partition coefficient (Wildman–Crippen LogP) is 2.26. The third kappa shape index (κ3) is 2.85. The molecule has 4 nitrogen and oxygen atoms in total. The highest BCUT2D eigenvalue weighted by molar-refractivity contribution is 6.29. The number of amides is 1. The lowest BCUT2D eigenvalue weighted by molar-refractivity contribution is 0.0755. The number of anilines is 1. The molecular weight excluding hydrogens is 226 g/mol. The molecule has 1 amide bonds. The van der Waals surface area contributed by atoms with Crippen molar-refractivity contribution in [2.45, 2.75) is 19.9 Å². The van der Waals surface area contributed by atoms with Crippen LogP contribution in [-0.4, -0.2) is 35.9 Å². The average Bonchev–Trinajstić information content (AvgIpc) is 2.25. The summed E-state index contributed by atoms with van der Waals surface area (Å²) < 4.78 is 0. The number of nitrogens with zero attached hydrogens (tertiary/aromatic N) is 2. The molecular formula is C11H16ClN3O. The van der Waals surface area contributed by atoms with Crippen molar-refractivity contribution < 1.29 is 4.79 Å². The lowest BCUT2D eigenvalue weighted by Crippen LogP contribution is -2.33. The Morgan fingerprint density at radius 1 is 1.50 bits per heavy atom. The maximum absolute atomic E-state index is 12.0. The molecule has 1 rings (SSSR count). The molecule has 16 heavy (non-hydrogen) atoms. The molecule has 0 bridgehead atoms. The van der Waals surface area contributed by atoms with Crippen molar-refractivity contribution in [3.8, 4) is 0 Å². The van der Waals surface area contributed by atoms with Crippen molar-refractivity contribution in [3.05, 3.63) is 22.8 Å². The summed E-state index contributed by atoms with van der Waals surface area (Å²) in [5, 5.41) is 3.18. The zero-order valence-corrected chi connectivity index (χ0v) is 10.7. The summed E-state index contributed by atoms with van der Waals surface area (Å²) in [4.78, 5) is 17.7. The molecule has 1 heterocycles. The van der Waals surface area contributed by atoms with E-state index in [0.29, 0.717) is 16.5 Å². The summed E-state index contributed by atoms with van der Waals surface area (Å²) in [6.07, 6.45) is 0. The van der Waals surface area contributed by atoms with Crippen LogP contribution in [0.1, 0.15) is 24.2 Å². The molecule has 88 valence electrons. The van der Waals surface area contributed by atoms with Crippen LogP contribution in [0.15, 0.2) is 12.1 Å². The summed E-state index contributed by atoms with van der Waals surface area (Å²) in [5.74, 6) is 0.531. The molecule has 0 aliphatic carbocycles. The van der Waals surface area contributed by atoms with E-state index in [1.165, 1.54) is 0 Å². The molecule has 5 heteroatoms. The topological polar surface area (TPSA) is 45.2 Å². The first-order valence-electron chi connectivity index (χ1n) is 5.08. The summed E-state index contributed by atoms with van der Waals surface area (Å²) in [6.45, 7) is 3.92. The quantitative estimate of drug-likeness (QED) is 0.826. The van der Waals surface area contributed by atoms with Crippen molar-refractivity contribution in [2.75, 3.05) is 19.4 Å². The Bertz CT molecular complexity index is 393. The SMILES string of the molecule is CNc1cc(C(=O)N(C)C(C)C)cc(Cl)n1. The van der Waals surface area contributed by atoms with Crippen LogP contribution in [0.25, 0.3) is 0 Å². The van der Waals surface area contributed by atoms with E-state index in [2.05, 4.69) is 10.3 Å². The van der Waals surface area contributed by atoms with E-state index < -0.39 is 0 Å². The van der Waals surface area contributed by atoms with Gasteiger partial charge in [0.25, 0.3) is 5.91 Å². The molecule has 0 aliphatic heterocycles. The van der Waals surface area contributed by atoms with E-state index in [0.717, 1.165) is 0 Å². The largest absolute Gasteiger partial charge is 0.373 e. The second kappa shape index (κ2) is 5.16. The molecule has 0 fully saturated rings. The number of rotatable bonds is 3. The van der Waals surface area contributed by atoms with Crippen molar-refractivity contribution in [3.63, 3.8) is 0 Å². The summed E-state index contributed by atoms with van der Waals surface area (Å²) in [5.41, 5.74) is 0.542. The molecule has 0 radical (unpaired) electrons. The number of hydrogen-bond donors (Lipinski definition) is 1. The maximum atomic E-state index is 12.0. The summed E-state index contributed by atoms with van der Waals surface area (Å²) in [7, 11) is 3.50. The third-order valence-corrected chi connectivity index (χ3v) is 2.59. The second-order valence-electron chi connectivity index (χ2n) is 3.82. The lowest BCUT2D eigenvalue weighted by Gasteiger charge is -2.21. The van der Waals surface area contributed by atoms with Crippen LogP contribution in [0, 0.1) is 0 Å². The predicted molar refractivity (Wildman–Crippen MR) is 66.0 cm³/mol. The Balaban J connectivity index is 3.04. The van der Waals surface area contributed by atoms with Gasteiger partial charge >= 0.3 is 0 Å². The highest BCUT2D eigenvalue weighted by atomic mass is 35.5. The van der Waals surface area contributed by atoms with E-state index in [4.69, 9.17) is 11.6 Å². The highest BCUT2D eigenvalue weighted by Gasteiger charge is 2.15. The zero-order chi connectivity index (χ0) is 12.3. The molecule has 1 aromatic rings. The lowest BCUT2D eigenvalue weighted by atomic mass is 10.2. The fraction of sp³-hybridized carbons (Fsp3) is 0.455. The van der Waals surface area contributed by atoms with Crippen LogP contribution in [0.4, 0.5) is 5.82 Å². The molecule has 0 aromatic carbocycles. The average molecular weight is 242 g/mol. The number of pyridine rings is 1. The van der Waals surface area contributed by atoms with Gasteiger partial charge in [0.2, 0.25) is 0 Å². The standard InChI is InChI=1S/C11H16ClN3O/c1-7(2)15(4)11(16)8-5-9(12)14-10(6-8)13-3/h5-7H,1-4H3,(H,13,14). The fourth-order valence-electron chi connectivity index (χ4n) is 1.19. The van der Waals surface area contributed by atoms with Gasteiger partial charge in [0.1, 0.15) is 11.0 Å². The maximum Gasteiger partial charge on any atom is 0.254 e. The van der Waals surface area contributed by atoms with Gasteiger partial charge in [0.15, 0.2) is 0 Å². The first kappa shape index (κ1) is 12.8. The van der Waals surface area contributed by atoms with Gasteiger partial charge in [0, 0.05) is 25.7 Å². The Hall–Kier alpha value is -1.29. The van der Waals surface area contributed by atoms with E-state index in [9.17, 15) is 4.79 Å². The third-order valence-electron chi connectivity index (χ3n) is 2.39. The molecule has 0 atom stereocenters. The molecule has 0 aliphatic rings. The summed E-state index contributed by atoms with van der Waals surface area (Å²) in [6, 6.07) is 3.41. The second-order valence-corrected chi connectivity index (χ2v) is 4.21. The molecule has 1 N–H and O–H groups in total. The van der Waals surface area contributed by atoms with Gasteiger partial charge in [0.05, 0.1) is 0 Å². The smallest absolute Gasteiger partial charge is 0.254 e. The van der Waals surface area contributed by atoms with E-state index >= 15 is 0 Å². The number of hydrogen-bond acceptors (Lipinski definition) is 3. The van der Waals surface area contributed by atoms with Crippen LogP contribution in [0.5, 0.6) is 0 Å². The Morgan fingerprint density at radius 3 is 2.62 bits per heavy atom. The first-order chi connectivity index (χ1) is 7.45. The number of halogens is 1. The first-order valence-corrected chi connectivity index (χ1v) is 5.46. The number of carbonyl (C=O) groups is 1. The molecule has 0 unspecified atom stereocenters. The normalized spacial score (nSPS) is 10.4. The van der Waals surface area contributed by atoms with E-state index in [1.807, 2.05) is 13.8 Å². The van der Waals surface area contributed by atoms with Gasteiger partial charge in [-0.25, -0.2) is 4.98 Å². The van der Waals surface area contributed by atoms with Gasteiger partial charge in [-0.2, -0.15) is 0 Å². The van der Waals surface area contributed by atoms with Crippen molar-refractivity contribution in [1.29, 1.82) is 0 Å².